The van der Waals surface area contributed by atoms with Crippen molar-refractivity contribution in [1.29, 1.82) is 0 Å². The number of hydrogen-bond acceptors (Lipinski definition) is 5. The van der Waals surface area contributed by atoms with Crippen LogP contribution in [-0.2, 0) is 20.8 Å². The molecule has 2 aliphatic heterocycles. The summed E-state index contributed by atoms with van der Waals surface area (Å²) in [5.74, 6) is -0.839. The van der Waals surface area contributed by atoms with Crippen molar-refractivity contribution >= 4 is 17.7 Å². The van der Waals surface area contributed by atoms with Gasteiger partial charge in [0.25, 0.3) is 5.91 Å². The fourth-order valence-corrected chi connectivity index (χ4v) is 3.68. The van der Waals surface area contributed by atoms with Gasteiger partial charge in [0.05, 0.1) is 11.8 Å². The zero-order valence-corrected chi connectivity index (χ0v) is 16.2. The van der Waals surface area contributed by atoms with Gasteiger partial charge in [0.15, 0.2) is 0 Å². The van der Waals surface area contributed by atoms with E-state index >= 15 is 0 Å². The van der Waals surface area contributed by atoms with Crippen LogP contribution < -0.4 is 0 Å². The molecule has 0 unspecified atom stereocenters. The lowest BCUT2D eigenvalue weighted by Gasteiger charge is -2.28. The van der Waals surface area contributed by atoms with Gasteiger partial charge in [-0.1, -0.05) is 47.6 Å². The number of amides is 2. The third-order valence-electron chi connectivity index (χ3n) is 5.29. The van der Waals surface area contributed by atoms with Crippen LogP contribution in [0.25, 0.3) is 0 Å². The van der Waals surface area contributed by atoms with Gasteiger partial charge in [-0.2, -0.15) is 0 Å². The molecular weight excluding hydrogens is 375 g/mol. The first-order valence-electron chi connectivity index (χ1n) is 9.44. The highest BCUT2D eigenvalue weighted by molar-refractivity contribution is 6.06. The lowest BCUT2D eigenvalue weighted by molar-refractivity contribution is -0.140. The van der Waals surface area contributed by atoms with E-state index in [1.54, 1.807) is 26.0 Å². The second-order valence-electron chi connectivity index (χ2n) is 7.73. The molecule has 150 valence electrons. The summed E-state index contributed by atoms with van der Waals surface area (Å²) in [6.45, 7) is 3.59. The Hall–Kier alpha value is -3.22. The second-order valence-corrected chi connectivity index (χ2v) is 7.73. The van der Waals surface area contributed by atoms with Crippen LogP contribution in [-0.4, -0.2) is 40.4 Å². The van der Waals surface area contributed by atoms with E-state index in [1.165, 1.54) is 12.1 Å². The normalized spacial score (nSPS) is 22.8. The quantitative estimate of drug-likeness (QED) is 0.791. The SMILES string of the molecule is CC1(C)OC(=O)N(C(=O)[C@H]2CC(c3ccc(F)cc3)=NO2)[C@H]1Cc1ccccc1. The monoisotopic (exact) mass is 396 g/mol. The summed E-state index contributed by atoms with van der Waals surface area (Å²) in [5.41, 5.74) is 1.38. The van der Waals surface area contributed by atoms with E-state index in [-0.39, 0.29) is 12.2 Å². The average Bonchev–Trinajstić information content (AvgIpc) is 3.26. The summed E-state index contributed by atoms with van der Waals surface area (Å²) in [6.07, 6.45) is -0.925. The Balaban J connectivity index is 1.52. The predicted molar refractivity (Wildman–Crippen MR) is 104 cm³/mol. The summed E-state index contributed by atoms with van der Waals surface area (Å²) in [6, 6.07) is 15.0. The van der Waals surface area contributed by atoms with Crippen LogP contribution in [0.3, 0.4) is 0 Å². The van der Waals surface area contributed by atoms with Crippen LogP contribution in [0.5, 0.6) is 0 Å². The van der Waals surface area contributed by atoms with E-state index in [4.69, 9.17) is 9.57 Å². The fourth-order valence-electron chi connectivity index (χ4n) is 3.68. The van der Waals surface area contributed by atoms with Gasteiger partial charge in [0, 0.05) is 6.42 Å². The first kappa shape index (κ1) is 19.1. The molecule has 2 aromatic rings. The molecule has 7 heteroatoms. The molecule has 29 heavy (non-hydrogen) atoms. The van der Waals surface area contributed by atoms with Crippen LogP contribution in [0.1, 0.15) is 31.4 Å². The first-order valence-corrected chi connectivity index (χ1v) is 9.44. The molecule has 4 rings (SSSR count). The maximum atomic E-state index is 13.1. The molecule has 0 N–H and O–H groups in total. The molecule has 2 atom stereocenters. The highest BCUT2D eigenvalue weighted by atomic mass is 19.1. The van der Waals surface area contributed by atoms with E-state index in [0.717, 1.165) is 10.5 Å². The number of nitrogens with zero attached hydrogens (tertiary/aromatic N) is 2. The molecular formula is C22H21FN2O4. The Morgan fingerprint density at radius 3 is 2.55 bits per heavy atom. The van der Waals surface area contributed by atoms with Gasteiger partial charge in [0.2, 0.25) is 6.10 Å². The van der Waals surface area contributed by atoms with Crippen molar-refractivity contribution in [2.24, 2.45) is 5.16 Å². The van der Waals surface area contributed by atoms with Crippen LogP contribution >= 0.6 is 0 Å². The number of carbonyl (C=O) groups excluding carboxylic acids is 2. The Kier molecular flexibility index (Phi) is 4.82. The Morgan fingerprint density at radius 2 is 1.86 bits per heavy atom. The van der Waals surface area contributed by atoms with Gasteiger partial charge in [-0.05, 0) is 43.5 Å². The maximum Gasteiger partial charge on any atom is 0.417 e. The number of halogens is 1. The smallest absolute Gasteiger partial charge is 0.417 e. The van der Waals surface area contributed by atoms with Crippen molar-refractivity contribution in [1.82, 2.24) is 4.90 Å². The summed E-state index contributed by atoms with van der Waals surface area (Å²) < 4.78 is 18.6. The highest BCUT2D eigenvalue weighted by Crippen LogP contribution is 2.33. The van der Waals surface area contributed by atoms with Gasteiger partial charge in [-0.25, -0.2) is 14.1 Å². The van der Waals surface area contributed by atoms with Crippen molar-refractivity contribution in [3.63, 3.8) is 0 Å². The number of hydrogen-bond donors (Lipinski definition) is 0. The van der Waals surface area contributed by atoms with Crippen molar-refractivity contribution in [2.45, 2.75) is 44.4 Å². The van der Waals surface area contributed by atoms with E-state index in [2.05, 4.69) is 5.16 Å². The molecule has 0 aromatic heterocycles. The maximum absolute atomic E-state index is 13.1. The molecule has 2 aromatic carbocycles. The van der Waals surface area contributed by atoms with E-state index in [0.29, 0.717) is 17.7 Å². The highest BCUT2D eigenvalue weighted by Gasteiger charge is 2.52. The third-order valence-corrected chi connectivity index (χ3v) is 5.29. The van der Waals surface area contributed by atoms with E-state index in [9.17, 15) is 14.0 Å². The zero-order chi connectivity index (χ0) is 20.6. The van der Waals surface area contributed by atoms with Gasteiger partial charge < -0.3 is 9.57 Å². The molecule has 0 spiro atoms. The van der Waals surface area contributed by atoms with Crippen LogP contribution in [0.15, 0.2) is 59.8 Å². The predicted octanol–water partition coefficient (Wildman–Crippen LogP) is 3.69. The summed E-state index contributed by atoms with van der Waals surface area (Å²) in [4.78, 5) is 32.2. The van der Waals surface area contributed by atoms with Gasteiger partial charge in [-0.15, -0.1) is 0 Å². The standard InChI is InChI=1S/C22H21FN2O4/c1-22(2)19(12-14-6-4-3-5-7-14)25(21(27)28-22)20(26)18-13-17(24-29-18)15-8-10-16(23)11-9-15/h3-11,18-19H,12-13H2,1-2H3/t18-,19+/m1/s1. The molecule has 2 heterocycles. The average molecular weight is 396 g/mol. The van der Waals surface area contributed by atoms with Crippen molar-refractivity contribution in [3.8, 4) is 0 Å². The van der Waals surface area contributed by atoms with Gasteiger partial charge in [0.1, 0.15) is 11.4 Å². The zero-order valence-electron chi connectivity index (χ0n) is 16.2. The van der Waals surface area contributed by atoms with Crippen LogP contribution in [0, 0.1) is 5.82 Å². The van der Waals surface area contributed by atoms with E-state index in [1.807, 2.05) is 30.3 Å². The molecule has 1 saturated heterocycles. The Labute approximate surface area is 167 Å². The Morgan fingerprint density at radius 1 is 1.17 bits per heavy atom. The topological polar surface area (TPSA) is 68.2 Å². The molecule has 0 bridgehead atoms. The lowest BCUT2D eigenvalue weighted by atomic mass is 9.91. The van der Waals surface area contributed by atoms with Crippen LogP contribution in [0.4, 0.5) is 9.18 Å². The number of rotatable bonds is 4. The second kappa shape index (κ2) is 7.31. The number of carbonyl (C=O) groups is 2. The van der Waals surface area contributed by atoms with Gasteiger partial charge >= 0.3 is 6.09 Å². The minimum absolute atomic E-state index is 0.201. The number of ether oxygens (including phenoxy) is 1. The number of oxime groups is 1. The molecule has 6 nitrogen and oxygen atoms in total. The van der Waals surface area contributed by atoms with Crippen molar-refractivity contribution in [2.75, 3.05) is 0 Å². The molecule has 2 amide bonds. The Bertz CT molecular complexity index is 957. The lowest BCUT2D eigenvalue weighted by Crippen LogP contribution is -2.49. The number of imide groups is 1. The van der Waals surface area contributed by atoms with E-state index < -0.39 is 29.7 Å². The summed E-state index contributed by atoms with van der Waals surface area (Å²) in [7, 11) is 0. The first-order chi connectivity index (χ1) is 13.8. The molecule has 0 saturated carbocycles. The minimum atomic E-state index is -0.922. The minimum Gasteiger partial charge on any atom is -0.441 e. The molecule has 0 aliphatic carbocycles. The largest absolute Gasteiger partial charge is 0.441 e. The van der Waals surface area contributed by atoms with Crippen molar-refractivity contribution < 1.29 is 23.6 Å². The molecule has 0 radical (unpaired) electrons. The summed E-state index contributed by atoms with van der Waals surface area (Å²) in [5, 5.41) is 3.97. The fraction of sp³-hybridized carbons (Fsp3) is 0.318. The van der Waals surface area contributed by atoms with Crippen molar-refractivity contribution in [3.05, 3.63) is 71.5 Å². The summed E-state index contributed by atoms with van der Waals surface area (Å²) >= 11 is 0. The van der Waals surface area contributed by atoms with Crippen LogP contribution in [0.2, 0.25) is 0 Å². The number of cyclic esters (lactones) is 1. The van der Waals surface area contributed by atoms with Gasteiger partial charge in [-0.3, -0.25) is 4.79 Å². The molecule has 1 fully saturated rings. The molecule has 2 aliphatic rings. The number of benzene rings is 2. The third kappa shape index (κ3) is 3.72.